The number of aryl methyl sites for hydroxylation is 1. The van der Waals surface area contributed by atoms with E-state index in [2.05, 4.69) is 10.6 Å². The summed E-state index contributed by atoms with van der Waals surface area (Å²) in [5, 5.41) is 25.7. The Bertz CT molecular complexity index is 1100. The lowest BCUT2D eigenvalue weighted by Gasteiger charge is -2.46. The Morgan fingerprint density at radius 3 is 2.47 bits per heavy atom. The van der Waals surface area contributed by atoms with Crippen molar-refractivity contribution in [2.24, 2.45) is 5.73 Å². The Kier molecular flexibility index (Phi) is 8.46. The first-order valence-corrected chi connectivity index (χ1v) is 10.4. The molecule has 1 aliphatic heterocycles. The zero-order valence-electron chi connectivity index (χ0n) is 18.9. The lowest BCUT2D eigenvalue weighted by Crippen LogP contribution is -2.67. The monoisotopic (exact) mass is 481 g/mol. The molecule has 1 fully saturated rings. The van der Waals surface area contributed by atoms with Gasteiger partial charge in [-0.2, -0.15) is 0 Å². The zero-order chi connectivity index (χ0) is 25.6. The number of anilines is 2. The number of aliphatic hydroxyl groups is 1. The van der Waals surface area contributed by atoms with E-state index in [-0.39, 0.29) is 36.7 Å². The van der Waals surface area contributed by atoms with E-state index in [1.165, 1.54) is 17.0 Å². The number of hydrogen-bond donors (Lipinski definition) is 4. The minimum absolute atomic E-state index is 0.147. The third-order valence-electron chi connectivity index (χ3n) is 4.83. The number of nitrogens with two attached hydrogens (primary N) is 1. The van der Waals surface area contributed by atoms with Crippen LogP contribution in [-0.4, -0.2) is 46.1 Å². The van der Waals surface area contributed by atoms with Crippen LogP contribution >= 0.6 is 0 Å². The second-order valence-corrected chi connectivity index (χ2v) is 7.50. The molecule has 1 heterocycles. The number of β-amino-alcohol motifs (C(OH)–C–C–N with tert-alkyl or cyclic N) is 1. The first kappa shape index (κ1) is 26.5. The normalized spacial score (nSPS) is 14.4. The van der Waals surface area contributed by atoms with Gasteiger partial charge < -0.3 is 26.4 Å². The van der Waals surface area contributed by atoms with Crippen LogP contribution in [0.4, 0.5) is 24.5 Å². The number of nitrogens with zero attached hydrogens (tertiary/aromatic N) is 2. The van der Waals surface area contributed by atoms with Crippen LogP contribution in [0.2, 0.25) is 0 Å². The van der Waals surface area contributed by atoms with Crippen molar-refractivity contribution in [3.63, 3.8) is 0 Å². The number of nitrogens with one attached hydrogen (secondary N) is 2. The molecule has 0 aromatic heterocycles. The number of nitro groups is 1. The molecule has 3 rings (SSSR count). The Morgan fingerprint density at radius 2 is 1.88 bits per heavy atom. The maximum Gasteiger partial charge on any atom is 0.273 e. The van der Waals surface area contributed by atoms with Gasteiger partial charge in [0.15, 0.2) is 17.5 Å². The number of carbonyl (C=O) groups excluding carboxylic acids is 1. The fourth-order valence-corrected chi connectivity index (χ4v) is 3.22. The summed E-state index contributed by atoms with van der Waals surface area (Å²) in [6, 6.07) is 5.92. The predicted molar refractivity (Wildman–Crippen MR) is 120 cm³/mol. The lowest BCUT2D eigenvalue weighted by atomic mass is 9.92. The van der Waals surface area contributed by atoms with Crippen molar-refractivity contribution in [3.05, 3.63) is 81.0 Å². The molecule has 2 aromatic carbocycles. The minimum atomic E-state index is -1.43. The molecule has 9 nitrogen and oxygen atoms in total. The summed E-state index contributed by atoms with van der Waals surface area (Å²) in [5.41, 5.74) is 3.64. The third-order valence-corrected chi connectivity index (χ3v) is 4.83. The Labute approximate surface area is 194 Å². The molecule has 0 atom stereocenters. The second kappa shape index (κ2) is 10.9. The lowest BCUT2D eigenvalue weighted by molar-refractivity contribution is -0.403. The number of benzene rings is 2. The van der Waals surface area contributed by atoms with Crippen LogP contribution in [0, 0.1) is 34.5 Å². The maximum atomic E-state index is 14.5. The van der Waals surface area contributed by atoms with Crippen LogP contribution in [0.5, 0.6) is 0 Å². The van der Waals surface area contributed by atoms with Gasteiger partial charge in [0.1, 0.15) is 11.4 Å². The first-order valence-electron chi connectivity index (χ1n) is 10.4. The largest absolute Gasteiger partial charge is 0.384 e. The van der Waals surface area contributed by atoms with Gasteiger partial charge in [-0.15, -0.1) is 0 Å². The molecule has 5 N–H and O–H groups in total. The molecule has 1 aliphatic rings. The van der Waals surface area contributed by atoms with Gasteiger partial charge in [0.25, 0.3) is 12.1 Å². The molecule has 0 radical (unpaired) electrons. The van der Waals surface area contributed by atoms with E-state index >= 15 is 0 Å². The number of likely N-dealkylation sites (tertiary alicyclic amines) is 1. The van der Waals surface area contributed by atoms with Crippen molar-refractivity contribution in [2.75, 3.05) is 25.0 Å². The SMILES string of the molecule is CC.Cc1ccc(Nc2c(C(=O)N3CC(O)(CN/C(N)=C\[N+](=O)[O-])C3)ccc(F)c2F)c(F)c1. The summed E-state index contributed by atoms with van der Waals surface area (Å²) in [6.07, 6.45) is 0.522. The smallest absolute Gasteiger partial charge is 0.273 e. The minimum Gasteiger partial charge on any atom is -0.384 e. The standard InChI is InChI=1S/C20H20F3N5O4.C2H6/c1-11-2-5-15(14(22)6-11)26-18-12(3-4-13(21)17(18)23)19(29)27-9-20(30,10-27)8-25-16(24)7-28(31)32;1-2/h2-7,25-26,30H,8-10,24H2,1H3;1-2H3/b16-7-;. The van der Waals surface area contributed by atoms with Gasteiger partial charge in [-0.25, -0.2) is 13.2 Å². The van der Waals surface area contributed by atoms with Crippen molar-refractivity contribution >= 4 is 17.3 Å². The molecule has 34 heavy (non-hydrogen) atoms. The number of carbonyl (C=O) groups is 1. The van der Waals surface area contributed by atoms with Crippen molar-refractivity contribution in [2.45, 2.75) is 26.4 Å². The van der Waals surface area contributed by atoms with Gasteiger partial charge in [-0.1, -0.05) is 19.9 Å². The highest BCUT2D eigenvalue weighted by atomic mass is 19.2. The summed E-state index contributed by atoms with van der Waals surface area (Å²) in [4.78, 5) is 23.6. The van der Waals surface area contributed by atoms with Crippen LogP contribution in [0.3, 0.4) is 0 Å². The van der Waals surface area contributed by atoms with E-state index in [9.17, 15) is 33.2 Å². The summed E-state index contributed by atoms with van der Waals surface area (Å²) < 4.78 is 42.5. The van der Waals surface area contributed by atoms with Crippen molar-refractivity contribution in [3.8, 4) is 0 Å². The van der Waals surface area contributed by atoms with Crippen molar-refractivity contribution < 1.29 is 28.0 Å². The number of amides is 1. The summed E-state index contributed by atoms with van der Waals surface area (Å²) >= 11 is 0. The highest BCUT2D eigenvalue weighted by Crippen LogP contribution is 2.31. The molecule has 0 spiro atoms. The van der Waals surface area contributed by atoms with Gasteiger partial charge in [0.05, 0.1) is 35.0 Å². The molecule has 0 aliphatic carbocycles. The molecule has 184 valence electrons. The van der Waals surface area contributed by atoms with E-state index in [0.29, 0.717) is 11.8 Å². The van der Waals surface area contributed by atoms with Gasteiger partial charge >= 0.3 is 0 Å². The fourth-order valence-electron chi connectivity index (χ4n) is 3.22. The molecule has 1 saturated heterocycles. The van der Waals surface area contributed by atoms with E-state index in [0.717, 1.165) is 12.1 Å². The number of hydrogen-bond acceptors (Lipinski definition) is 7. The molecule has 2 aromatic rings. The molecule has 1 amide bonds. The van der Waals surface area contributed by atoms with E-state index in [1.54, 1.807) is 13.0 Å². The Morgan fingerprint density at radius 1 is 1.24 bits per heavy atom. The summed E-state index contributed by atoms with van der Waals surface area (Å²) in [7, 11) is 0. The maximum absolute atomic E-state index is 14.5. The van der Waals surface area contributed by atoms with Gasteiger partial charge in [-0.3, -0.25) is 14.9 Å². The second-order valence-electron chi connectivity index (χ2n) is 7.50. The molecular weight excluding hydrogens is 455 g/mol. The van der Waals surface area contributed by atoms with E-state index in [4.69, 9.17) is 5.73 Å². The fraction of sp³-hybridized carbons (Fsp3) is 0.318. The predicted octanol–water partition coefficient (Wildman–Crippen LogP) is 2.99. The van der Waals surface area contributed by atoms with Crippen LogP contribution in [-0.2, 0) is 0 Å². The zero-order valence-corrected chi connectivity index (χ0v) is 18.9. The average Bonchev–Trinajstić information content (AvgIpc) is 2.76. The van der Waals surface area contributed by atoms with Gasteiger partial charge in [0, 0.05) is 6.54 Å². The molecule has 12 heteroatoms. The van der Waals surface area contributed by atoms with Crippen LogP contribution in [0.1, 0.15) is 29.8 Å². The van der Waals surface area contributed by atoms with Crippen LogP contribution in [0.15, 0.2) is 42.4 Å². The van der Waals surface area contributed by atoms with E-state index in [1.807, 2.05) is 13.8 Å². The highest BCUT2D eigenvalue weighted by Gasteiger charge is 2.44. The summed E-state index contributed by atoms with van der Waals surface area (Å²) in [5.74, 6) is -4.30. The van der Waals surface area contributed by atoms with Crippen molar-refractivity contribution in [1.29, 1.82) is 0 Å². The first-order chi connectivity index (χ1) is 16.0. The molecular formula is C22H26F3N5O4. The number of halogens is 3. The van der Waals surface area contributed by atoms with Crippen LogP contribution < -0.4 is 16.4 Å². The topological polar surface area (TPSA) is 134 Å². The van der Waals surface area contributed by atoms with Gasteiger partial charge in [0.2, 0.25) is 0 Å². The summed E-state index contributed by atoms with van der Waals surface area (Å²) in [6.45, 7) is 5.10. The Hall–Kier alpha value is -3.80. The average molecular weight is 481 g/mol. The number of rotatable bonds is 7. The Balaban J connectivity index is 0.00000199. The highest BCUT2D eigenvalue weighted by molar-refractivity contribution is 6.01. The van der Waals surface area contributed by atoms with E-state index < -0.39 is 39.6 Å². The molecule has 0 unspecified atom stereocenters. The molecule has 0 saturated carbocycles. The molecule has 0 bridgehead atoms. The van der Waals surface area contributed by atoms with Crippen LogP contribution in [0.25, 0.3) is 0 Å². The van der Waals surface area contributed by atoms with Gasteiger partial charge in [-0.05, 0) is 36.8 Å². The quantitative estimate of drug-likeness (QED) is 0.353. The third kappa shape index (κ3) is 6.16. The van der Waals surface area contributed by atoms with Crippen molar-refractivity contribution in [1.82, 2.24) is 10.2 Å².